The van der Waals surface area contributed by atoms with Crippen LogP contribution in [0.15, 0.2) is 47.3 Å². The van der Waals surface area contributed by atoms with Crippen LogP contribution in [0.1, 0.15) is 5.56 Å². The molecule has 0 amide bonds. The van der Waals surface area contributed by atoms with Gasteiger partial charge in [0, 0.05) is 7.11 Å². The number of fused-ring (bicyclic) bond motifs is 1. The maximum absolute atomic E-state index is 13.1. The first-order chi connectivity index (χ1) is 13.7. The Labute approximate surface area is 166 Å². The molecule has 0 aliphatic rings. The lowest BCUT2D eigenvalue weighted by atomic mass is 10.2. The van der Waals surface area contributed by atoms with Gasteiger partial charge in [-0.3, -0.25) is 4.79 Å². The summed E-state index contributed by atoms with van der Waals surface area (Å²) in [7, 11) is 1.41. The topological polar surface area (TPSA) is 82.0 Å². The van der Waals surface area contributed by atoms with Crippen molar-refractivity contribution in [2.75, 3.05) is 40.6 Å². The van der Waals surface area contributed by atoms with E-state index in [-0.39, 0.29) is 24.1 Å². The van der Waals surface area contributed by atoms with E-state index in [0.717, 1.165) is 5.56 Å². The SMILES string of the molecule is COCCOCCOc1ccc(OC)c2c(=O)n(Cc3ccccc3)[s+]([O-])c12. The van der Waals surface area contributed by atoms with Crippen molar-refractivity contribution in [3.63, 3.8) is 0 Å². The lowest BCUT2D eigenvalue weighted by Gasteiger charge is -2.08. The normalized spacial score (nSPS) is 11.8. The summed E-state index contributed by atoms with van der Waals surface area (Å²) in [5.74, 6) is 0.779. The molecular weight excluding hydrogens is 382 g/mol. The zero-order valence-electron chi connectivity index (χ0n) is 15.9. The quantitative estimate of drug-likeness (QED) is 0.381. The second kappa shape index (κ2) is 9.70. The summed E-state index contributed by atoms with van der Waals surface area (Å²) in [6, 6.07) is 12.8. The van der Waals surface area contributed by atoms with Gasteiger partial charge in [0.25, 0.3) is 4.70 Å². The van der Waals surface area contributed by atoms with Crippen LogP contribution in [0.2, 0.25) is 0 Å². The van der Waals surface area contributed by atoms with Gasteiger partial charge in [-0.1, -0.05) is 30.3 Å². The second-order valence-corrected chi connectivity index (χ2v) is 7.35. The van der Waals surface area contributed by atoms with Gasteiger partial charge in [0.05, 0.1) is 44.4 Å². The number of hydrogen-bond donors (Lipinski definition) is 0. The van der Waals surface area contributed by atoms with Crippen LogP contribution in [0.5, 0.6) is 11.5 Å². The van der Waals surface area contributed by atoms with Crippen LogP contribution in [-0.2, 0) is 16.0 Å². The van der Waals surface area contributed by atoms with Crippen LogP contribution in [0, 0.1) is 0 Å². The zero-order valence-corrected chi connectivity index (χ0v) is 16.7. The second-order valence-electron chi connectivity index (χ2n) is 6.00. The molecule has 28 heavy (non-hydrogen) atoms. The molecule has 0 saturated carbocycles. The summed E-state index contributed by atoms with van der Waals surface area (Å²) in [6.45, 7) is 1.84. The van der Waals surface area contributed by atoms with Gasteiger partial charge in [-0.05, 0) is 17.7 Å². The molecule has 1 heterocycles. The Bertz CT molecular complexity index is 966. The third-order valence-corrected chi connectivity index (χ3v) is 5.65. The van der Waals surface area contributed by atoms with Gasteiger partial charge in [0.15, 0.2) is 11.1 Å². The average Bonchev–Trinajstić information content (AvgIpc) is 2.97. The van der Waals surface area contributed by atoms with Gasteiger partial charge in [-0.2, -0.15) is 0 Å². The molecular formula is C20H23NO6S. The number of methoxy groups -OCH3 is 2. The molecule has 0 spiro atoms. The van der Waals surface area contributed by atoms with E-state index < -0.39 is 10.9 Å². The Hall–Kier alpha value is -2.39. The molecule has 0 N–H and O–H groups in total. The average molecular weight is 405 g/mol. The summed E-state index contributed by atoms with van der Waals surface area (Å²) in [6.07, 6.45) is 0. The molecule has 8 heteroatoms. The molecule has 1 unspecified atom stereocenters. The van der Waals surface area contributed by atoms with E-state index in [0.29, 0.717) is 36.0 Å². The molecule has 0 bridgehead atoms. The molecule has 2 aromatic carbocycles. The molecule has 150 valence electrons. The minimum absolute atomic E-state index is 0.240. The Morgan fingerprint density at radius 3 is 2.39 bits per heavy atom. The predicted molar refractivity (Wildman–Crippen MR) is 107 cm³/mol. The molecule has 7 nitrogen and oxygen atoms in total. The van der Waals surface area contributed by atoms with Gasteiger partial charge < -0.3 is 23.5 Å². The molecule has 3 rings (SSSR count). The summed E-state index contributed by atoms with van der Waals surface area (Å²) in [5, 5.41) is 0.287. The van der Waals surface area contributed by atoms with E-state index in [1.807, 2.05) is 30.3 Å². The maximum Gasteiger partial charge on any atom is 0.308 e. The van der Waals surface area contributed by atoms with Crippen LogP contribution in [0.25, 0.3) is 10.1 Å². The molecule has 1 atom stereocenters. The third-order valence-electron chi connectivity index (χ3n) is 4.20. The van der Waals surface area contributed by atoms with E-state index in [2.05, 4.69) is 0 Å². The van der Waals surface area contributed by atoms with E-state index in [4.69, 9.17) is 18.9 Å². The van der Waals surface area contributed by atoms with Crippen LogP contribution in [0.3, 0.4) is 0 Å². The highest BCUT2D eigenvalue weighted by atomic mass is 32.2. The van der Waals surface area contributed by atoms with Crippen molar-refractivity contribution < 1.29 is 23.5 Å². The van der Waals surface area contributed by atoms with Crippen molar-refractivity contribution >= 4 is 21.0 Å². The number of rotatable bonds is 10. The fraction of sp³-hybridized carbons (Fsp3) is 0.350. The van der Waals surface area contributed by atoms with Gasteiger partial charge in [0.2, 0.25) is 0 Å². The smallest absolute Gasteiger partial charge is 0.308 e. The van der Waals surface area contributed by atoms with Crippen LogP contribution < -0.4 is 15.0 Å². The van der Waals surface area contributed by atoms with Crippen LogP contribution in [-0.4, -0.2) is 49.2 Å². The van der Waals surface area contributed by atoms with Gasteiger partial charge in [-0.25, -0.2) is 0 Å². The van der Waals surface area contributed by atoms with E-state index in [1.165, 1.54) is 11.1 Å². The first kappa shape index (κ1) is 20.3. The summed E-state index contributed by atoms with van der Waals surface area (Å²) >= 11 is 0. The molecule has 0 saturated heterocycles. The number of aromatic nitrogens is 1. The van der Waals surface area contributed by atoms with Gasteiger partial charge >= 0.3 is 5.56 Å². The van der Waals surface area contributed by atoms with Crippen LogP contribution in [0.4, 0.5) is 0 Å². The third kappa shape index (κ3) is 4.36. The van der Waals surface area contributed by atoms with E-state index in [1.54, 1.807) is 19.2 Å². The maximum atomic E-state index is 13.1. The monoisotopic (exact) mass is 405 g/mol. The fourth-order valence-corrected chi connectivity index (χ4v) is 4.24. The molecule has 0 fully saturated rings. The summed E-state index contributed by atoms with van der Waals surface area (Å²) in [4.78, 5) is 13.0. The minimum atomic E-state index is -1.68. The highest BCUT2D eigenvalue weighted by Gasteiger charge is 2.26. The van der Waals surface area contributed by atoms with Gasteiger partial charge in [-0.15, -0.1) is 3.96 Å². The molecule has 1 aromatic heterocycles. The molecule has 3 aromatic rings. The van der Waals surface area contributed by atoms with Crippen molar-refractivity contribution in [2.45, 2.75) is 6.54 Å². The Morgan fingerprint density at radius 1 is 0.964 bits per heavy atom. The zero-order chi connectivity index (χ0) is 19.9. The molecule has 0 aliphatic carbocycles. The largest absolute Gasteiger partial charge is 0.570 e. The van der Waals surface area contributed by atoms with E-state index >= 15 is 0 Å². The van der Waals surface area contributed by atoms with E-state index in [9.17, 15) is 9.35 Å². The predicted octanol–water partition coefficient (Wildman–Crippen LogP) is 2.83. The number of nitrogens with zero attached hydrogens (tertiary/aromatic N) is 1. The Morgan fingerprint density at radius 2 is 1.68 bits per heavy atom. The standard InChI is InChI=1S/C20H23NO6S/c1-24-10-11-26-12-13-27-17-9-8-16(25-2)18-19(17)28(23)21(20(18)22)14-15-6-4-3-5-7-15/h3-9H,10-14H2,1-2H3. The number of benzene rings is 2. The first-order valence-electron chi connectivity index (χ1n) is 8.85. The highest BCUT2D eigenvalue weighted by molar-refractivity contribution is 7.27. The molecule has 0 aliphatic heterocycles. The van der Waals surface area contributed by atoms with Crippen molar-refractivity contribution in [1.29, 1.82) is 0 Å². The number of hydrogen-bond acceptors (Lipinski definition) is 6. The van der Waals surface area contributed by atoms with Crippen LogP contribution >= 0.6 is 10.9 Å². The number of ether oxygens (including phenoxy) is 4. The lowest BCUT2D eigenvalue weighted by Crippen LogP contribution is -2.15. The van der Waals surface area contributed by atoms with Crippen molar-refractivity contribution in [3.05, 3.63) is 58.4 Å². The lowest BCUT2D eigenvalue weighted by molar-refractivity contribution is 0.0547. The Balaban J connectivity index is 1.91. The van der Waals surface area contributed by atoms with Gasteiger partial charge in [0.1, 0.15) is 12.4 Å². The minimum Gasteiger partial charge on any atom is -0.570 e. The highest BCUT2D eigenvalue weighted by Crippen LogP contribution is 2.39. The summed E-state index contributed by atoms with van der Waals surface area (Å²) in [5.41, 5.74) is 0.556. The fourth-order valence-electron chi connectivity index (χ4n) is 2.85. The first-order valence-corrected chi connectivity index (χ1v) is 9.96. The van der Waals surface area contributed by atoms with Crippen molar-refractivity contribution in [3.8, 4) is 11.5 Å². The molecule has 0 radical (unpaired) electrons. The van der Waals surface area contributed by atoms with Crippen molar-refractivity contribution in [2.24, 2.45) is 0 Å². The van der Waals surface area contributed by atoms with Crippen molar-refractivity contribution in [1.82, 2.24) is 3.96 Å². The summed E-state index contributed by atoms with van der Waals surface area (Å²) < 4.78 is 36.1. The Kier molecular flexibility index (Phi) is 7.05.